The third-order valence-electron chi connectivity index (χ3n) is 3.20. The molecule has 5 N–H and O–H groups in total. The number of nitrogens with two attached hydrogens (primary N) is 2. The molecule has 1 amide bonds. The lowest BCUT2D eigenvalue weighted by atomic mass is 10.1. The van der Waals surface area contributed by atoms with Gasteiger partial charge in [0.15, 0.2) is 0 Å². The van der Waals surface area contributed by atoms with E-state index in [9.17, 15) is 0 Å². The van der Waals surface area contributed by atoms with E-state index in [2.05, 4.69) is 23.8 Å². The number of aryl methyl sites for hydroxylation is 2. The number of hydrogen-bond donors (Lipinski definition) is 3. The number of aromatic nitrogens is 1. The van der Waals surface area contributed by atoms with Crippen LogP contribution >= 0.6 is 0 Å². The monoisotopic (exact) mass is 317 g/mol. The summed E-state index contributed by atoms with van der Waals surface area (Å²) in [6.07, 6.45) is 3.90. The quantitative estimate of drug-likeness (QED) is 0.331. The van der Waals surface area contributed by atoms with E-state index < -0.39 is 0 Å². The van der Waals surface area contributed by atoms with Crippen molar-refractivity contribution in [2.45, 2.75) is 20.5 Å². The van der Waals surface area contributed by atoms with Gasteiger partial charge >= 0.3 is 0 Å². The number of carbonyl (C=O) groups excluding carboxylic acids is 1. The van der Waals surface area contributed by atoms with E-state index in [4.69, 9.17) is 15.4 Å². The lowest BCUT2D eigenvalue weighted by Crippen LogP contribution is -2.26. The Morgan fingerprint density at radius 2 is 2.00 bits per heavy atom. The maximum atomic E-state index is 8.94. The number of ether oxygens (including phenoxy) is 1. The summed E-state index contributed by atoms with van der Waals surface area (Å²) in [5.41, 5.74) is 6.06. The SMILES string of the molecule is Cc1ccncc1OCc1c(C)cccc1N(C)N.NNC=O. The molecule has 0 radical (unpaired) electrons. The van der Waals surface area contributed by atoms with Gasteiger partial charge in [0.2, 0.25) is 6.41 Å². The molecule has 124 valence electrons. The minimum Gasteiger partial charge on any atom is -0.487 e. The normalized spacial score (nSPS) is 9.43. The summed E-state index contributed by atoms with van der Waals surface area (Å²) in [5, 5.41) is 1.61. The number of pyridine rings is 1. The average Bonchev–Trinajstić information content (AvgIpc) is 2.55. The molecule has 0 atom stereocenters. The summed E-state index contributed by atoms with van der Waals surface area (Å²) >= 11 is 0. The van der Waals surface area contributed by atoms with Gasteiger partial charge in [-0.1, -0.05) is 12.1 Å². The van der Waals surface area contributed by atoms with E-state index >= 15 is 0 Å². The van der Waals surface area contributed by atoms with Gasteiger partial charge in [-0.3, -0.25) is 15.2 Å². The van der Waals surface area contributed by atoms with Gasteiger partial charge in [-0.25, -0.2) is 11.7 Å². The maximum Gasteiger partial charge on any atom is 0.221 e. The van der Waals surface area contributed by atoms with Crippen LogP contribution in [0.3, 0.4) is 0 Å². The molecule has 0 saturated heterocycles. The molecule has 0 spiro atoms. The van der Waals surface area contributed by atoms with Gasteiger partial charge in [0, 0.05) is 18.8 Å². The molecular weight excluding hydrogens is 294 g/mol. The molecule has 2 aromatic rings. The van der Waals surface area contributed by atoms with Crippen molar-refractivity contribution in [3.63, 3.8) is 0 Å². The summed E-state index contributed by atoms with van der Waals surface area (Å²) < 4.78 is 5.85. The van der Waals surface area contributed by atoms with Crippen molar-refractivity contribution in [3.8, 4) is 5.75 Å². The van der Waals surface area contributed by atoms with Crippen LogP contribution in [-0.4, -0.2) is 18.4 Å². The van der Waals surface area contributed by atoms with Crippen molar-refractivity contribution in [1.29, 1.82) is 0 Å². The van der Waals surface area contributed by atoms with Crippen LogP contribution in [0.4, 0.5) is 5.69 Å². The number of nitrogens with one attached hydrogen (secondary N) is 1. The highest BCUT2D eigenvalue weighted by Gasteiger charge is 2.09. The summed E-state index contributed by atoms with van der Waals surface area (Å²) in [4.78, 5) is 13.0. The highest BCUT2D eigenvalue weighted by Crippen LogP contribution is 2.24. The van der Waals surface area contributed by atoms with Crippen molar-refractivity contribution < 1.29 is 9.53 Å². The maximum absolute atomic E-state index is 8.94. The van der Waals surface area contributed by atoms with Gasteiger partial charge in [0.05, 0.1) is 11.9 Å². The second-order valence-corrected chi connectivity index (χ2v) is 4.90. The first kappa shape index (κ1) is 18.4. The van der Waals surface area contributed by atoms with Crippen LogP contribution in [0.1, 0.15) is 16.7 Å². The average molecular weight is 317 g/mol. The Labute approximate surface area is 136 Å². The zero-order chi connectivity index (χ0) is 17.2. The molecule has 7 nitrogen and oxygen atoms in total. The van der Waals surface area contributed by atoms with Crippen LogP contribution in [0.15, 0.2) is 36.7 Å². The fourth-order valence-electron chi connectivity index (χ4n) is 1.96. The number of hydrazine groups is 2. The topological polar surface area (TPSA) is 106 Å². The minimum absolute atomic E-state index is 0.403. The third-order valence-corrected chi connectivity index (χ3v) is 3.20. The van der Waals surface area contributed by atoms with E-state index in [0.29, 0.717) is 13.0 Å². The first-order chi connectivity index (χ1) is 11.0. The summed E-state index contributed by atoms with van der Waals surface area (Å²) in [6, 6.07) is 7.97. The zero-order valence-electron chi connectivity index (χ0n) is 13.6. The lowest BCUT2D eigenvalue weighted by Gasteiger charge is -2.19. The van der Waals surface area contributed by atoms with Crippen molar-refractivity contribution in [2.75, 3.05) is 12.1 Å². The number of nitrogens with zero attached hydrogens (tertiary/aromatic N) is 2. The molecular formula is C16H23N5O2. The number of rotatable bonds is 5. The fraction of sp³-hybridized carbons (Fsp3) is 0.250. The van der Waals surface area contributed by atoms with E-state index in [1.165, 1.54) is 0 Å². The van der Waals surface area contributed by atoms with Crippen LogP contribution in [0.25, 0.3) is 0 Å². The van der Waals surface area contributed by atoms with Crippen LogP contribution in [0.2, 0.25) is 0 Å². The molecule has 2 rings (SSSR count). The fourth-order valence-corrected chi connectivity index (χ4v) is 1.96. The standard InChI is InChI=1S/C15H19N3O.CH4N2O/c1-11-5-4-6-14(18(3)16)13(11)10-19-15-9-17-8-7-12(15)2;2-3-1-4/h4-9H,10,16H2,1-3H3;1H,2H2,(H,3,4). The Bertz CT molecular complexity index is 632. The van der Waals surface area contributed by atoms with Crippen molar-refractivity contribution in [1.82, 2.24) is 10.4 Å². The molecule has 23 heavy (non-hydrogen) atoms. The van der Waals surface area contributed by atoms with Crippen LogP contribution < -0.4 is 26.9 Å². The van der Waals surface area contributed by atoms with Crippen LogP contribution in [0, 0.1) is 13.8 Å². The van der Waals surface area contributed by atoms with Crippen molar-refractivity contribution in [3.05, 3.63) is 53.3 Å². The Morgan fingerprint density at radius 3 is 2.57 bits per heavy atom. The Kier molecular flexibility index (Phi) is 7.52. The van der Waals surface area contributed by atoms with Gasteiger partial charge in [0.1, 0.15) is 12.4 Å². The molecule has 0 aliphatic heterocycles. The van der Waals surface area contributed by atoms with Gasteiger partial charge < -0.3 is 9.75 Å². The first-order valence-corrected chi connectivity index (χ1v) is 7.01. The Hall–Kier alpha value is -2.64. The van der Waals surface area contributed by atoms with Gasteiger partial charge in [-0.15, -0.1) is 0 Å². The first-order valence-electron chi connectivity index (χ1n) is 7.01. The predicted octanol–water partition coefficient (Wildman–Crippen LogP) is 1.19. The number of benzene rings is 1. The van der Waals surface area contributed by atoms with E-state index in [0.717, 1.165) is 28.1 Å². The highest BCUT2D eigenvalue weighted by atomic mass is 16.5. The second-order valence-electron chi connectivity index (χ2n) is 4.90. The van der Waals surface area contributed by atoms with Crippen molar-refractivity contribution in [2.24, 2.45) is 11.7 Å². The molecule has 0 bridgehead atoms. The highest BCUT2D eigenvalue weighted by molar-refractivity contribution is 5.55. The molecule has 1 aromatic carbocycles. The number of anilines is 1. The summed E-state index contributed by atoms with van der Waals surface area (Å²) in [7, 11) is 1.83. The van der Waals surface area contributed by atoms with E-state index in [1.807, 2.05) is 32.2 Å². The third kappa shape index (κ3) is 5.57. The van der Waals surface area contributed by atoms with E-state index in [-0.39, 0.29) is 0 Å². The molecule has 0 aliphatic carbocycles. The molecule has 1 heterocycles. The lowest BCUT2D eigenvalue weighted by molar-refractivity contribution is -0.109. The Morgan fingerprint density at radius 1 is 1.30 bits per heavy atom. The summed E-state index contributed by atoms with van der Waals surface area (Å²) in [5.74, 6) is 11.1. The van der Waals surface area contributed by atoms with Crippen LogP contribution in [-0.2, 0) is 11.4 Å². The second kappa shape index (κ2) is 9.39. The predicted molar refractivity (Wildman–Crippen MR) is 90.5 cm³/mol. The molecule has 0 fully saturated rings. The number of carbonyl (C=O) groups is 1. The Balaban J connectivity index is 0.000000593. The van der Waals surface area contributed by atoms with Gasteiger partial charge in [-0.2, -0.15) is 0 Å². The molecule has 1 aromatic heterocycles. The molecule has 0 saturated carbocycles. The largest absolute Gasteiger partial charge is 0.487 e. The smallest absolute Gasteiger partial charge is 0.221 e. The minimum atomic E-state index is 0.403. The van der Waals surface area contributed by atoms with E-state index in [1.54, 1.807) is 22.8 Å². The molecule has 7 heteroatoms. The van der Waals surface area contributed by atoms with Crippen LogP contribution in [0.5, 0.6) is 5.75 Å². The molecule has 0 unspecified atom stereocenters. The van der Waals surface area contributed by atoms with Gasteiger partial charge in [0.25, 0.3) is 0 Å². The zero-order valence-corrected chi connectivity index (χ0v) is 13.6. The summed E-state index contributed by atoms with van der Waals surface area (Å²) in [6.45, 7) is 4.54. The van der Waals surface area contributed by atoms with Crippen molar-refractivity contribution >= 4 is 12.1 Å². The molecule has 0 aliphatic rings. The number of amides is 1. The van der Waals surface area contributed by atoms with Gasteiger partial charge in [-0.05, 0) is 37.1 Å². The number of hydrogen-bond acceptors (Lipinski definition) is 6.